The maximum atomic E-state index is 10.2. The summed E-state index contributed by atoms with van der Waals surface area (Å²) in [7, 11) is 0. The van der Waals surface area contributed by atoms with E-state index < -0.39 is 0 Å². The molecule has 0 unspecified atom stereocenters. The number of hydrogen-bond acceptors (Lipinski definition) is 2. The Morgan fingerprint density at radius 3 is 2.40 bits per heavy atom. The predicted molar refractivity (Wildman–Crippen MR) is 44.2 cm³/mol. The minimum atomic E-state index is 0.362. The van der Waals surface area contributed by atoms with Crippen LogP contribution in [0.2, 0.25) is 0 Å². The zero-order valence-electron chi connectivity index (χ0n) is 5.28. The Labute approximate surface area is 64.7 Å². The van der Waals surface area contributed by atoms with Crippen molar-refractivity contribution < 1.29 is 4.79 Å². The highest BCUT2D eigenvalue weighted by atomic mass is 32.1. The number of carbonyl (C=O) groups is 1. The quantitative estimate of drug-likeness (QED) is 0.362. The third-order valence-corrected chi connectivity index (χ3v) is 1.50. The van der Waals surface area contributed by atoms with Crippen LogP contribution < -0.4 is 0 Å². The van der Waals surface area contributed by atoms with Crippen LogP contribution in [-0.4, -0.2) is 11.2 Å². The molecule has 0 N–H and O–H groups in total. The summed E-state index contributed by atoms with van der Waals surface area (Å²) in [6.45, 7) is 0. The molecule has 10 heavy (non-hydrogen) atoms. The number of rotatable bonds is 2. The van der Waals surface area contributed by atoms with Gasteiger partial charge in [0.05, 0.1) is 4.86 Å². The van der Waals surface area contributed by atoms with Gasteiger partial charge in [-0.1, -0.05) is 42.5 Å². The van der Waals surface area contributed by atoms with E-state index in [1.54, 1.807) is 0 Å². The normalized spacial score (nSPS) is 8.80. The van der Waals surface area contributed by atoms with E-state index in [1.165, 1.54) is 0 Å². The third-order valence-electron chi connectivity index (χ3n) is 1.17. The standard InChI is InChI=1S/C8H6OS/c9-6-8(10)7-4-2-1-3-5-7/h1-6H. The van der Waals surface area contributed by atoms with Crippen LogP contribution in [0.1, 0.15) is 5.56 Å². The smallest absolute Gasteiger partial charge is 0.161 e. The van der Waals surface area contributed by atoms with E-state index in [4.69, 9.17) is 12.2 Å². The van der Waals surface area contributed by atoms with Crippen molar-refractivity contribution >= 4 is 23.4 Å². The molecule has 1 nitrogen and oxygen atoms in total. The summed E-state index contributed by atoms with van der Waals surface area (Å²) in [5.41, 5.74) is 0.813. The minimum absolute atomic E-state index is 0.362. The van der Waals surface area contributed by atoms with E-state index in [0.717, 1.165) is 5.56 Å². The highest BCUT2D eigenvalue weighted by Gasteiger charge is 1.94. The van der Waals surface area contributed by atoms with Crippen LogP contribution in [0.3, 0.4) is 0 Å². The van der Waals surface area contributed by atoms with Crippen molar-refractivity contribution in [2.24, 2.45) is 0 Å². The van der Waals surface area contributed by atoms with Crippen molar-refractivity contribution in [1.82, 2.24) is 0 Å². The van der Waals surface area contributed by atoms with Crippen LogP contribution in [0.25, 0.3) is 0 Å². The molecule has 0 fully saturated rings. The number of thiocarbonyl (C=S) groups is 1. The molecule has 0 saturated carbocycles. The van der Waals surface area contributed by atoms with Crippen LogP contribution in [0.4, 0.5) is 0 Å². The number of carbonyl (C=O) groups excluding carboxylic acids is 1. The molecule has 1 aromatic rings. The zero-order chi connectivity index (χ0) is 7.40. The molecule has 0 aliphatic heterocycles. The highest BCUT2D eigenvalue weighted by molar-refractivity contribution is 7.82. The first-order valence-electron chi connectivity index (χ1n) is 2.89. The van der Waals surface area contributed by atoms with Gasteiger partial charge >= 0.3 is 0 Å². The second-order valence-electron chi connectivity index (χ2n) is 1.85. The maximum Gasteiger partial charge on any atom is 0.161 e. The molecule has 0 bridgehead atoms. The predicted octanol–water partition coefficient (Wildman–Crippen LogP) is 1.60. The average Bonchev–Trinajstić information content (AvgIpc) is 2.05. The topological polar surface area (TPSA) is 17.1 Å². The van der Waals surface area contributed by atoms with Gasteiger partial charge < -0.3 is 0 Å². The van der Waals surface area contributed by atoms with Crippen molar-refractivity contribution in [3.8, 4) is 0 Å². The maximum absolute atomic E-state index is 10.2. The molecule has 0 aliphatic rings. The van der Waals surface area contributed by atoms with Gasteiger partial charge in [0.25, 0.3) is 0 Å². The minimum Gasteiger partial charge on any atom is -0.297 e. The third kappa shape index (κ3) is 1.48. The van der Waals surface area contributed by atoms with E-state index in [1.807, 2.05) is 30.3 Å². The molecule has 0 heterocycles. The summed E-state index contributed by atoms with van der Waals surface area (Å²) in [5, 5.41) is 0. The number of aldehydes is 1. The van der Waals surface area contributed by atoms with Crippen molar-refractivity contribution in [3.63, 3.8) is 0 Å². The van der Waals surface area contributed by atoms with Crippen LogP contribution in [0.15, 0.2) is 30.3 Å². The Bertz CT molecular complexity index is 241. The summed E-state index contributed by atoms with van der Waals surface area (Å²) in [4.78, 5) is 10.5. The number of hydrogen-bond donors (Lipinski definition) is 0. The Hall–Kier alpha value is -1.02. The van der Waals surface area contributed by atoms with E-state index in [9.17, 15) is 4.79 Å². The van der Waals surface area contributed by atoms with E-state index in [-0.39, 0.29) is 0 Å². The van der Waals surface area contributed by atoms with Gasteiger partial charge in [-0.15, -0.1) is 0 Å². The molecule has 1 aromatic carbocycles. The van der Waals surface area contributed by atoms with Crippen LogP contribution in [0, 0.1) is 0 Å². The van der Waals surface area contributed by atoms with Crippen molar-refractivity contribution in [2.75, 3.05) is 0 Å². The first-order chi connectivity index (χ1) is 4.84. The lowest BCUT2D eigenvalue weighted by Crippen LogP contribution is -1.96. The monoisotopic (exact) mass is 150 g/mol. The lowest BCUT2D eigenvalue weighted by atomic mass is 10.2. The van der Waals surface area contributed by atoms with Gasteiger partial charge in [-0.2, -0.15) is 0 Å². The van der Waals surface area contributed by atoms with Crippen LogP contribution >= 0.6 is 12.2 Å². The summed E-state index contributed by atoms with van der Waals surface area (Å²) < 4.78 is 0. The Morgan fingerprint density at radius 1 is 1.30 bits per heavy atom. The molecular formula is C8H6OS. The summed E-state index contributed by atoms with van der Waals surface area (Å²) in [6, 6.07) is 9.22. The lowest BCUT2D eigenvalue weighted by Gasteiger charge is -1.91. The first kappa shape index (κ1) is 7.09. The van der Waals surface area contributed by atoms with Gasteiger partial charge in [0.2, 0.25) is 0 Å². The fraction of sp³-hybridized carbons (Fsp3) is 0. The van der Waals surface area contributed by atoms with Crippen molar-refractivity contribution in [1.29, 1.82) is 0 Å². The van der Waals surface area contributed by atoms with Crippen molar-refractivity contribution in [3.05, 3.63) is 35.9 Å². The molecule has 50 valence electrons. The van der Waals surface area contributed by atoms with Gasteiger partial charge in [-0.05, 0) is 5.56 Å². The largest absolute Gasteiger partial charge is 0.297 e. The Morgan fingerprint density at radius 2 is 1.90 bits per heavy atom. The van der Waals surface area contributed by atoms with E-state index in [2.05, 4.69) is 0 Å². The second-order valence-corrected chi connectivity index (χ2v) is 2.29. The molecule has 0 saturated heterocycles. The molecule has 0 radical (unpaired) electrons. The second kappa shape index (κ2) is 3.22. The Kier molecular flexibility index (Phi) is 2.29. The molecule has 1 rings (SSSR count). The molecule has 0 amide bonds. The van der Waals surface area contributed by atoms with Gasteiger partial charge in [0, 0.05) is 0 Å². The Balaban J connectivity index is 2.95. The molecule has 2 heteroatoms. The fourth-order valence-corrected chi connectivity index (χ4v) is 0.807. The van der Waals surface area contributed by atoms with E-state index in [0.29, 0.717) is 11.2 Å². The summed E-state index contributed by atoms with van der Waals surface area (Å²) >= 11 is 4.75. The van der Waals surface area contributed by atoms with Crippen LogP contribution in [-0.2, 0) is 4.79 Å². The summed E-state index contributed by atoms with van der Waals surface area (Å²) in [6.07, 6.45) is 0.685. The number of benzene rings is 1. The van der Waals surface area contributed by atoms with Gasteiger partial charge in [0.1, 0.15) is 0 Å². The lowest BCUT2D eigenvalue weighted by molar-refractivity contribution is -0.102. The zero-order valence-corrected chi connectivity index (χ0v) is 6.10. The molecule has 0 atom stereocenters. The molecular weight excluding hydrogens is 144 g/mol. The summed E-state index contributed by atoms with van der Waals surface area (Å²) in [5.74, 6) is 0. The van der Waals surface area contributed by atoms with E-state index >= 15 is 0 Å². The first-order valence-corrected chi connectivity index (χ1v) is 3.30. The van der Waals surface area contributed by atoms with Crippen molar-refractivity contribution in [2.45, 2.75) is 0 Å². The molecule has 0 spiro atoms. The molecule has 0 aliphatic carbocycles. The fourth-order valence-electron chi connectivity index (χ4n) is 0.670. The average molecular weight is 150 g/mol. The van der Waals surface area contributed by atoms with Crippen LogP contribution in [0.5, 0.6) is 0 Å². The van der Waals surface area contributed by atoms with Gasteiger partial charge in [-0.25, -0.2) is 0 Å². The molecule has 0 aromatic heterocycles. The van der Waals surface area contributed by atoms with Gasteiger partial charge in [0.15, 0.2) is 6.29 Å². The highest BCUT2D eigenvalue weighted by Crippen LogP contribution is 1.98. The van der Waals surface area contributed by atoms with Gasteiger partial charge in [-0.3, -0.25) is 4.79 Å². The SMILES string of the molecule is O=CC(=S)c1ccccc1.